The van der Waals surface area contributed by atoms with E-state index >= 15 is 0 Å². The molecule has 30 heavy (non-hydrogen) atoms. The van der Waals surface area contributed by atoms with Crippen LogP contribution in [0.5, 0.6) is 0 Å². The van der Waals surface area contributed by atoms with Gasteiger partial charge in [0, 0.05) is 45.9 Å². The van der Waals surface area contributed by atoms with Crippen LogP contribution in [0.1, 0.15) is 12.8 Å². The molecule has 3 heterocycles. The number of hydrogen-bond donors (Lipinski definition) is 2. The molecular formula is C23H19BrN4O2. The highest BCUT2D eigenvalue weighted by Gasteiger charge is 2.37. The molecule has 1 aromatic carbocycles. The van der Waals surface area contributed by atoms with Gasteiger partial charge in [-0.25, -0.2) is 0 Å². The number of benzene rings is 1. The van der Waals surface area contributed by atoms with Gasteiger partial charge in [-0.15, -0.1) is 0 Å². The molecule has 0 spiro atoms. The zero-order chi connectivity index (χ0) is 20.7. The first-order chi connectivity index (χ1) is 14.6. The molecule has 6 nitrogen and oxygen atoms in total. The Kier molecular flexibility index (Phi) is 4.75. The molecule has 2 aliphatic heterocycles. The molecule has 1 unspecified atom stereocenters. The van der Waals surface area contributed by atoms with Gasteiger partial charge in [-0.2, -0.15) is 0 Å². The molecule has 1 saturated carbocycles. The smallest absolute Gasteiger partial charge is 0.256 e. The van der Waals surface area contributed by atoms with E-state index in [1.807, 2.05) is 35.2 Å². The van der Waals surface area contributed by atoms with Gasteiger partial charge < -0.3 is 15.5 Å². The maximum Gasteiger partial charge on any atom is 0.256 e. The summed E-state index contributed by atoms with van der Waals surface area (Å²) in [6.07, 6.45) is 12.1. The summed E-state index contributed by atoms with van der Waals surface area (Å²) < 4.78 is 0.900. The third-order valence-corrected chi connectivity index (χ3v) is 5.75. The van der Waals surface area contributed by atoms with Crippen LogP contribution in [0.2, 0.25) is 0 Å². The van der Waals surface area contributed by atoms with E-state index in [2.05, 4.69) is 31.5 Å². The summed E-state index contributed by atoms with van der Waals surface area (Å²) in [6.45, 7) is 0. The predicted molar refractivity (Wildman–Crippen MR) is 118 cm³/mol. The quantitative estimate of drug-likeness (QED) is 0.680. The predicted octanol–water partition coefficient (Wildman–Crippen LogP) is 3.43. The second-order valence-electron chi connectivity index (χ2n) is 7.52. The van der Waals surface area contributed by atoms with Crippen LogP contribution >= 0.6 is 15.9 Å². The number of aromatic nitrogens is 1. The number of nitrogens with zero attached hydrogens (tertiary/aromatic N) is 2. The lowest BCUT2D eigenvalue weighted by atomic mass is 9.94. The third kappa shape index (κ3) is 3.57. The maximum atomic E-state index is 13.0. The van der Waals surface area contributed by atoms with Crippen LogP contribution in [0.15, 0.2) is 82.9 Å². The zero-order valence-corrected chi connectivity index (χ0v) is 17.6. The summed E-state index contributed by atoms with van der Waals surface area (Å²) in [5.41, 5.74) is 3.55. The van der Waals surface area contributed by atoms with E-state index in [1.54, 1.807) is 36.9 Å². The normalized spacial score (nSPS) is 20.1. The van der Waals surface area contributed by atoms with Crippen molar-refractivity contribution in [1.82, 2.24) is 15.6 Å². The minimum absolute atomic E-state index is 0.163. The Morgan fingerprint density at radius 1 is 1.20 bits per heavy atom. The van der Waals surface area contributed by atoms with E-state index < -0.39 is 0 Å². The second-order valence-corrected chi connectivity index (χ2v) is 8.44. The highest BCUT2D eigenvalue weighted by Crippen LogP contribution is 2.32. The number of Topliss-reactive ketones (excluding diaryl/α,β-unsaturated/α-hetero) is 1. The lowest BCUT2D eigenvalue weighted by Gasteiger charge is -2.37. The van der Waals surface area contributed by atoms with E-state index in [1.165, 1.54) is 0 Å². The lowest BCUT2D eigenvalue weighted by Crippen LogP contribution is -2.50. The van der Waals surface area contributed by atoms with E-state index in [0.29, 0.717) is 5.57 Å². The molecule has 7 heteroatoms. The Bertz CT molecular complexity index is 1130. The zero-order valence-electron chi connectivity index (χ0n) is 16.0. The van der Waals surface area contributed by atoms with Crippen molar-refractivity contribution in [3.63, 3.8) is 0 Å². The van der Waals surface area contributed by atoms with Gasteiger partial charge in [0.2, 0.25) is 0 Å². The van der Waals surface area contributed by atoms with Crippen LogP contribution in [0.3, 0.4) is 0 Å². The van der Waals surface area contributed by atoms with Crippen LogP contribution in [0, 0.1) is 0 Å². The number of anilines is 1. The van der Waals surface area contributed by atoms with Crippen molar-refractivity contribution < 1.29 is 9.59 Å². The summed E-state index contributed by atoms with van der Waals surface area (Å²) in [7, 11) is 0. The molecule has 0 saturated heterocycles. The summed E-state index contributed by atoms with van der Waals surface area (Å²) in [5, 5.41) is 6.17. The first-order valence-electron chi connectivity index (χ1n) is 9.79. The third-order valence-electron chi connectivity index (χ3n) is 5.31. The van der Waals surface area contributed by atoms with Crippen LogP contribution in [0.4, 0.5) is 5.69 Å². The van der Waals surface area contributed by atoms with E-state index in [9.17, 15) is 9.59 Å². The topological polar surface area (TPSA) is 74.3 Å². The highest BCUT2D eigenvalue weighted by atomic mass is 79.9. The number of rotatable bonds is 4. The Morgan fingerprint density at radius 3 is 2.87 bits per heavy atom. The minimum Gasteiger partial charge on any atom is -0.367 e. The fourth-order valence-corrected chi connectivity index (χ4v) is 3.99. The lowest BCUT2D eigenvalue weighted by molar-refractivity contribution is -0.121. The number of carbonyl (C=O) groups excluding carboxylic acids is 2. The molecule has 1 atom stereocenters. The van der Waals surface area contributed by atoms with Crippen LogP contribution in [-0.2, 0) is 9.59 Å². The fourth-order valence-electron chi connectivity index (χ4n) is 3.63. The number of allylic oxidation sites excluding steroid dienone is 2. The monoisotopic (exact) mass is 462 g/mol. The minimum atomic E-state index is -0.365. The van der Waals surface area contributed by atoms with E-state index in [4.69, 9.17) is 0 Å². The van der Waals surface area contributed by atoms with Crippen molar-refractivity contribution in [2.75, 3.05) is 4.90 Å². The van der Waals surface area contributed by atoms with Crippen LogP contribution < -0.4 is 15.5 Å². The molecule has 1 aromatic heterocycles. The molecular weight excluding hydrogens is 444 g/mol. The number of hydrogen-bond acceptors (Lipinski definition) is 5. The standard InChI is InChI=1S/C23H19BrN4O2/c24-16-9-15(11-25-12-16)14-3-1-4-18(10-14)28-13-20(23(30)27-17-6-7-17)21(29)19-5-2-8-26-22(19)28/h1-5,8-13,17,22,26H,6-7H2,(H,27,30). The molecule has 2 N–H and O–H groups in total. The summed E-state index contributed by atoms with van der Waals surface area (Å²) in [4.78, 5) is 31.9. The Morgan fingerprint density at radius 2 is 2.07 bits per heavy atom. The largest absolute Gasteiger partial charge is 0.367 e. The SMILES string of the molecule is O=C(NC1CC1)C1=CN(c2cccc(-c3cncc(Br)c3)c2)C2NC=CC=C2C1=O. The molecule has 0 bridgehead atoms. The number of carbonyl (C=O) groups is 2. The number of dihydropyridines is 1. The number of halogens is 1. The van der Waals surface area contributed by atoms with Crippen LogP contribution in [-0.4, -0.2) is 28.9 Å². The van der Waals surface area contributed by atoms with E-state index in [0.717, 1.165) is 34.1 Å². The van der Waals surface area contributed by atoms with Gasteiger partial charge in [-0.3, -0.25) is 14.6 Å². The van der Waals surface area contributed by atoms with Gasteiger partial charge in [0.15, 0.2) is 5.78 Å². The number of nitrogens with one attached hydrogen (secondary N) is 2. The number of ketones is 1. The van der Waals surface area contributed by atoms with Crippen molar-refractivity contribution >= 4 is 33.3 Å². The van der Waals surface area contributed by atoms with Crippen molar-refractivity contribution in [1.29, 1.82) is 0 Å². The van der Waals surface area contributed by atoms with Gasteiger partial charge >= 0.3 is 0 Å². The van der Waals surface area contributed by atoms with Gasteiger partial charge in [-0.05, 0) is 70.9 Å². The fraction of sp³-hybridized carbons (Fsp3) is 0.174. The Hall–Kier alpha value is -3.19. The Labute approximate surface area is 182 Å². The summed E-state index contributed by atoms with van der Waals surface area (Å²) >= 11 is 3.47. The molecule has 3 aliphatic rings. The molecule has 0 radical (unpaired) electrons. The van der Waals surface area contributed by atoms with Gasteiger partial charge in [-0.1, -0.05) is 12.1 Å². The van der Waals surface area contributed by atoms with Crippen molar-refractivity contribution in [3.8, 4) is 11.1 Å². The Balaban J connectivity index is 1.56. The average Bonchev–Trinajstić information content (AvgIpc) is 3.58. The first kappa shape index (κ1) is 18.8. The molecule has 1 amide bonds. The maximum absolute atomic E-state index is 13.0. The number of fused-ring (bicyclic) bond motifs is 1. The molecule has 5 rings (SSSR count). The first-order valence-corrected chi connectivity index (χ1v) is 10.6. The van der Waals surface area contributed by atoms with Crippen LogP contribution in [0.25, 0.3) is 11.1 Å². The van der Waals surface area contributed by atoms with Crippen molar-refractivity contribution in [3.05, 3.63) is 82.9 Å². The van der Waals surface area contributed by atoms with Gasteiger partial charge in [0.1, 0.15) is 11.7 Å². The number of pyridine rings is 1. The molecule has 1 aliphatic carbocycles. The average molecular weight is 463 g/mol. The van der Waals surface area contributed by atoms with Crippen molar-refractivity contribution in [2.45, 2.75) is 25.0 Å². The van der Waals surface area contributed by atoms with Crippen molar-refractivity contribution in [2.24, 2.45) is 0 Å². The highest BCUT2D eigenvalue weighted by molar-refractivity contribution is 9.10. The van der Waals surface area contributed by atoms with Gasteiger partial charge in [0.25, 0.3) is 5.91 Å². The molecule has 150 valence electrons. The number of amides is 1. The summed E-state index contributed by atoms with van der Waals surface area (Å²) in [5.74, 6) is -0.549. The molecule has 1 fully saturated rings. The summed E-state index contributed by atoms with van der Waals surface area (Å²) in [6, 6.07) is 10.2. The van der Waals surface area contributed by atoms with E-state index in [-0.39, 0.29) is 29.5 Å². The second kappa shape index (κ2) is 7.57. The molecule has 2 aromatic rings. The van der Waals surface area contributed by atoms with Gasteiger partial charge in [0.05, 0.1) is 0 Å².